The molecule has 1 aliphatic heterocycles. The zero-order valence-corrected chi connectivity index (χ0v) is 47.2. The first kappa shape index (κ1) is 55.0. The molecule has 2 N–H and O–H groups in total. The van der Waals surface area contributed by atoms with Crippen LogP contribution in [-0.4, -0.2) is 26.5 Å². The van der Waals surface area contributed by atoms with Crippen molar-refractivity contribution in [2.24, 2.45) is 11.8 Å². The van der Waals surface area contributed by atoms with Crippen LogP contribution < -0.4 is 9.47 Å². The zero-order valence-electron chi connectivity index (χ0n) is 43.9. The molecule has 0 fully saturated rings. The molecule has 0 aromatic heterocycles. The fourth-order valence-corrected chi connectivity index (χ4v) is 13.1. The maximum absolute atomic E-state index is 9.83. The van der Waals surface area contributed by atoms with Gasteiger partial charge in [0.25, 0.3) is 0 Å². The minimum absolute atomic E-state index is 0.256. The maximum Gasteiger partial charge on any atom is 0.119 e. The summed E-state index contributed by atoms with van der Waals surface area (Å²) in [6.45, 7) is 16.4. The predicted octanol–water partition coefficient (Wildman–Crippen LogP) is 18.6. The molecule has 0 saturated carbocycles. The van der Waals surface area contributed by atoms with Gasteiger partial charge in [-0.2, -0.15) is 0 Å². The molecule has 1 unspecified atom stereocenters. The number of hydrogen-bond donors (Lipinski definition) is 3. The average Bonchev–Trinajstić information content (AvgIpc) is 3.84. The van der Waals surface area contributed by atoms with Gasteiger partial charge in [0.05, 0.1) is 13.2 Å². The monoisotopic (exact) mass is 1070 g/mol. The van der Waals surface area contributed by atoms with Crippen LogP contribution >= 0.6 is 48.5 Å². The van der Waals surface area contributed by atoms with Gasteiger partial charge in [-0.1, -0.05) is 180 Å². The first-order chi connectivity index (χ1) is 36.3. The average molecular weight is 1070 g/mol. The Kier molecular flexibility index (Phi) is 19.5. The van der Waals surface area contributed by atoms with Crippen molar-refractivity contribution >= 4 is 68.1 Å². The fraction of sp³-hybridized carbons (Fsp3) is 0.212. The summed E-state index contributed by atoms with van der Waals surface area (Å²) < 4.78 is 14.8. The van der Waals surface area contributed by atoms with Crippen molar-refractivity contribution in [3.63, 3.8) is 0 Å². The van der Waals surface area contributed by atoms with Crippen LogP contribution in [0, 0.1) is 25.7 Å². The number of thiol groups is 1. The number of nitrogens with zero attached hydrogens (tertiary/aromatic N) is 1. The Morgan fingerprint density at radius 3 is 1.48 bits per heavy atom. The molecular weight excluding hydrogens is 999 g/mol. The molecule has 0 aliphatic carbocycles. The first-order valence-electron chi connectivity index (χ1n) is 25.7. The second-order valence-corrected chi connectivity index (χ2v) is 23.7. The van der Waals surface area contributed by atoms with E-state index in [1.54, 1.807) is 60.1 Å². The number of hydrogen-bond acceptors (Lipinski definition) is 9. The van der Waals surface area contributed by atoms with E-state index in [0.717, 1.165) is 67.9 Å². The van der Waals surface area contributed by atoms with Crippen LogP contribution in [0.4, 0.5) is 0 Å². The van der Waals surface area contributed by atoms with Crippen LogP contribution in [0.25, 0.3) is 30.7 Å². The van der Waals surface area contributed by atoms with Gasteiger partial charge in [0.1, 0.15) is 23.0 Å². The Labute approximate surface area is 464 Å². The van der Waals surface area contributed by atoms with Crippen LogP contribution in [0.5, 0.6) is 23.0 Å². The van der Waals surface area contributed by atoms with Crippen molar-refractivity contribution in [3.05, 3.63) is 250 Å². The van der Waals surface area contributed by atoms with Gasteiger partial charge in [-0.15, -0.1) is 15.7 Å². The molecule has 0 bridgehead atoms. The largest absolute Gasteiger partial charge is 0.508 e. The Morgan fingerprint density at radius 1 is 0.520 bits per heavy atom. The summed E-state index contributed by atoms with van der Waals surface area (Å²) in [5, 5.41) is 19.5. The molecule has 1 heterocycles. The van der Waals surface area contributed by atoms with Gasteiger partial charge in [0, 0.05) is 38.4 Å². The third-order valence-corrected chi connectivity index (χ3v) is 17.1. The number of phenolic OH excluding ortho intramolecular Hbond substituents is 2. The van der Waals surface area contributed by atoms with Gasteiger partial charge in [-0.25, -0.2) is 0 Å². The summed E-state index contributed by atoms with van der Waals surface area (Å²) in [6, 6.07) is 66.2. The lowest BCUT2D eigenvalue weighted by Crippen LogP contribution is -2.09. The molecule has 0 amide bonds. The lowest BCUT2D eigenvalue weighted by Gasteiger charge is -2.22. The van der Waals surface area contributed by atoms with Gasteiger partial charge < -0.3 is 19.7 Å². The second-order valence-electron chi connectivity index (χ2n) is 19.7. The molecule has 75 heavy (non-hydrogen) atoms. The molecule has 9 rings (SSSR count). The lowest BCUT2D eigenvalue weighted by atomic mass is 9.82. The summed E-state index contributed by atoms with van der Waals surface area (Å²) in [5.74, 6) is 3.72. The second kappa shape index (κ2) is 26.5. The highest BCUT2D eigenvalue weighted by Crippen LogP contribution is 2.60. The number of benzene rings is 8. The van der Waals surface area contributed by atoms with Crippen LogP contribution in [-0.2, 0) is 12.8 Å². The minimum atomic E-state index is 0.256. The summed E-state index contributed by atoms with van der Waals surface area (Å²) in [7, 11) is 0. The first-order valence-corrected chi connectivity index (χ1v) is 28.4. The number of aryl methyl sites for hydroxylation is 2. The van der Waals surface area contributed by atoms with Gasteiger partial charge in [-0.3, -0.25) is 0 Å². The van der Waals surface area contributed by atoms with Crippen molar-refractivity contribution in [3.8, 4) is 34.1 Å². The Balaban J connectivity index is 0.00000180. The van der Waals surface area contributed by atoms with E-state index in [2.05, 4.69) is 173 Å². The van der Waals surface area contributed by atoms with Gasteiger partial charge in [-0.05, 0) is 177 Å². The summed E-state index contributed by atoms with van der Waals surface area (Å²) >= 11 is 10.5. The van der Waals surface area contributed by atoms with E-state index in [-0.39, 0.29) is 17.4 Å². The van der Waals surface area contributed by atoms with Gasteiger partial charge in [0.2, 0.25) is 0 Å². The predicted molar refractivity (Wildman–Crippen MR) is 326 cm³/mol. The quantitative estimate of drug-likeness (QED) is 0.0446. The van der Waals surface area contributed by atoms with Crippen molar-refractivity contribution in [2.45, 2.75) is 67.2 Å². The fourth-order valence-electron chi connectivity index (χ4n) is 8.77. The third-order valence-electron chi connectivity index (χ3n) is 12.7. The number of ether oxygens (including phenoxy) is 2. The highest BCUT2D eigenvalue weighted by molar-refractivity contribution is 8.36. The molecule has 0 radical (unpaired) electrons. The molecule has 1 aliphatic rings. The van der Waals surface area contributed by atoms with Crippen molar-refractivity contribution in [2.75, 3.05) is 13.2 Å². The van der Waals surface area contributed by atoms with Crippen molar-refractivity contribution < 1.29 is 19.7 Å². The molecule has 8 aromatic carbocycles. The van der Waals surface area contributed by atoms with E-state index in [9.17, 15) is 10.2 Å². The Hall–Kier alpha value is -6.20. The molecule has 8 aromatic rings. The molecule has 384 valence electrons. The minimum Gasteiger partial charge on any atom is -0.508 e. The normalized spacial score (nSPS) is 13.4. The number of rotatable bonds is 18. The summed E-state index contributed by atoms with van der Waals surface area (Å²) in [4.78, 5) is 4.40. The van der Waals surface area contributed by atoms with Crippen LogP contribution in [0.3, 0.4) is 0 Å². The molecule has 1 atom stereocenters. The molecule has 0 saturated heterocycles. The number of aromatic hydroxyl groups is 2. The van der Waals surface area contributed by atoms with E-state index in [0.29, 0.717) is 19.1 Å². The highest BCUT2D eigenvalue weighted by atomic mass is 32.3. The number of phenols is 2. The van der Waals surface area contributed by atoms with Crippen molar-refractivity contribution in [1.29, 1.82) is 0 Å². The highest BCUT2D eigenvalue weighted by Gasteiger charge is 2.30. The van der Waals surface area contributed by atoms with Crippen LogP contribution in [0.15, 0.2) is 194 Å². The molecule has 0 spiro atoms. The zero-order chi connectivity index (χ0) is 52.8. The Bertz CT molecular complexity index is 3170. The smallest absolute Gasteiger partial charge is 0.119 e. The molecular formula is C66H67NO4S4. The van der Waals surface area contributed by atoms with Gasteiger partial charge >= 0.3 is 0 Å². The van der Waals surface area contributed by atoms with E-state index < -0.39 is 0 Å². The van der Waals surface area contributed by atoms with E-state index >= 15 is 0 Å². The SMILES string of the molecule is CC(C)C.Cc1ccccc1C1=C(c2ccc(OCCc3ccc(C(c4ccc(O)cc4)C(C)C)cc3)cc2)SN(S/C(=C(\S)c2ccccc2C)c2ccc(CCOc3ccc(-c4ccc(O)cc4)cc3)cc2)S1. The van der Waals surface area contributed by atoms with E-state index in [4.69, 9.17) is 22.1 Å². The van der Waals surface area contributed by atoms with Crippen molar-refractivity contribution in [1.82, 2.24) is 3.12 Å². The molecule has 9 heteroatoms. The Morgan fingerprint density at radius 2 is 0.960 bits per heavy atom. The van der Waals surface area contributed by atoms with Gasteiger partial charge in [0.15, 0.2) is 0 Å². The standard InChI is InChI=1S/C62H57NO4S4.C4H10/c1-41(2)58(49-23-31-53(65)32-24-49)48-17-13-44(14-18-48)37-39-67-55-35-27-51(28-36-55)61-62(57-12-8-6-10-43(57)4)71-63(70-61)69-60(59(68)56-11-7-5-9-42(56)3)50-19-15-45(16-20-50)38-40-66-54-33-25-47(26-34-54)46-21-29-52(64)30-22-46;1-4(2)3/h5-36,41,58,64-65,68H,37-40H2,1-4H3;4H,1-3H3/b60-59-;. The van der Waals surface area contributed by atoms with E-state index in [1.807, 2.05) is 48.5 Å². The summed E-state index contributed by atoms with van der Waals surface area (Å²) in [5.41, 5.74) is 14.0. The van der Waals surface area contributed by atoms with E-state index in [1.165, 1.54) is 48.8 Å². The van der Waals surface area contributed by atoms with Crippen LogP contribution in [0.1, 0.15) is 96.2 Å². The summed E-state index contributed by atoms with van der Waals surface area (Å²) in [6.07, 6.45) is 1.57. The topological polar surface area (TPSA) is 62.2 Å². The third kappa shape index (κ3) is 15.0. The van der Waals surface area contributed by atoms with Crippen LogP contribution in [0.2, 0.25) is 0 Å². The lowest BCUT2D eigenvalue weighted by molar-refractivity contribution is 0.322. The maximum atomic E-state index is 9.83. The molecule has 5 nitrogen and oxygen atoms in total.